The van der Waals surface area contributed by atoms with Gasteiger partial charge < -0.3 is 21.4 Å². The van der Waals surface area contributed by atoms with Crippen molar-refractivity contribution in [3.8, 4) is 0 Å². The third-order valence-electron chi connectivity index (χ3n) is 4.80. The number of fused-ring (bicyclic) bond motifs is 1. The smallest absolute Gasteiger partial charge is 0.272 e. The fourth-order valence-electron chi connectivity index (χ4n) is 3.23. The van der Waals surface area contributed by atoms with E-state index >= 15 is 0 Å². The second-order valence-corrected chi connectivity index (χ2v) is 7.16. The highest BCUT2D eigenvalue weighted by molar-refractivity contribution is 6.30. The minimum Gasteiger partial charge on any atom is -0.342 e. The summed E-state index contributed by atoms with van der Waals surface area (Å²) < 4.78 is 0. The number of carbonyl (C=O) groups is 3. The molecule has 182 valence electrons. The van der Waals surface area contributed by atoms with E-state index in [9.17, 15) is 14.4 Å². The number of nitrogens with two attached hydrogens (primary N) is 1. The van der Waals surface area contributed by atoms with Gasteiger partial charge in [0.2, 0.25) is 0 Å². The molecule has 0 unspecified atom stereocenters. The Kier molecular flexibility index (Phi) is 12.3. The Labute approximate surface area is 205 Å². The van der Waals surface area contributed by atoms with E-state index in [1.54, 1.807) is 24.3 Å². The van der Waals surface area contributed by atoms with Crippen molar-refractivity contribution in [1.82, 2.24) is 9.88 Å². The Hall–Kier alpha value is -3.49. The molecule has 0 atom stereocenters. The molecule has 8 nitrogen and oxygen atoms in total. The summed E-state index contributed by atoms with van der Waals surface area (Å²) in [5.74, 6) is -1.23. The SMILES string of the molecule is C/C=C(\C=C/CCN)CCN1C(=O)c2cccc(NC(=O)c3ccc(Cl)[nH]3)c2C1=O.C=N.CC. The van der Waals surface area contributed by atoms with Gasteiger partial charge >= 0.3 is 0 Å². The second-order valence-electron chi connectivity index (χ2n) is 6.76. The quantitative estimate of drug-likeness (QED) is 0.236. The molecular weight excluding hydrogens is 454 g/mol. The molecule has 5 N–H and O–H groups in total. The van der Waals surface area contributed by atoms with E-state index in [2.05, 4.69) is 17.0 Å². The van der Waals surface area contributed by atoms with E-state index in [0.717, 1.165) is 12.0 Å². The monoisotopic (exact) mass is 485 g/mol. The Balaban J connectivity index is 0.00000137. The van der Waals surface area contributed by atoms with Gasteiger partial charge in [0.15, 0.2) is 0 Å². The molecular formula is C25H32ClN5O3. The van der Waals surface area contributed by atoms with Gasteiger partial charge in [-0.3, -0.25) is 19.3 Å². The minimum absolute atomic E-state index is 0.203. The van der Waals surface area contributed by atoms with Crippen LogP contribution in [-0.2, 0) is 0 Å². The number of anilines is 1. The molecule has 1 aliphatic heterocycles. The van der Waals surface area contributed by atoms with Gasteiger partial charge in [0.25, 0.3) is 17.7 Å². The van der Waals surface area contributed by atoms with Crippen molar-refractivity contribution in [3.63, 3.8) is 0 Å². The minimum atomic E-state index is -0.449. The first-order chi connectivity index (χ1) is 16.5. The zero-order chi connectivity index (χ0) is 25.7. The summed E-state index contributed by atoms with van der Waals surface area (Å²) in [7, 11) is 0. The average molecular weight is 486 g/mol. The summed E-state index contributed by atoms with van der Waals surface area (Å²) in [5, 5.41) is 8.52. The molecule has 2 aromatic rings. The van der Waals surface area contributed by atoms with E-state index in [1.165, 1.54) is 11.0 Å². The highest BCUT2D eigenvalue weighted by Crippen LogP contribution is 2.30. The normalized spacial score (nSPS) is 12.6. The molecule has 1 aromatic heterocycles. The molecule has 0 saturated heterocycles. The van der Waals surface area contributed by atoms with E-state index < -0.39 is 11.8 Å². The molecule has 34 heavy (non-hydrogen) atoms. The lowest BCUT2D eigenvalue weighted by Gasteiger charge is -2.14. The maximum atomic E-state index is 13.0. The van der Waals surface area contributed by atoms with E-state index in [0.29, 0.717) is 18.1 Å². The maximum Gasteiger partial charge on any atom is 0.272 e. The molecule has 0 spiro atoms. The fraction of sp³-hybridized carbons (Fsp3) is 0.280. The number of amides is 3. The van der Waals surface area contributed by atoms with Crippen molar-refractivity contribution < 1.29 is 14.4 Å². The number of allylic oxidation sites excluding steroid dienone is 2. The number of aromatic amines is 1. The van der Waals surface area contributed by atoms with Gasteiger partial charge in [0.1, 0.15) is 10.8 Å². The molecule has 1 aromatic carbocycles. The first-order valence-electron chi connectivity index (χ1n) is 11.0. The summed E-state index contributed by atoms with van der Waals surface area (Å²) in [5.41, 5.74) is 7.54. The zero-order valence-corrected chi connectivity index (χ0v) is 20.5. The predicted octanol–water partition coefficient (Wildman–Crippen LogP) is 5.05. The van der Waals surface area contributed by atoms with Gasteiger partial charge in [-0.25, -0.2) is 0 Å². The van der Waals surface area contributed by atoms with Crippen LogP contribution in [0.5, 0.6) is 0 Å². The molecule has 1 aliphatic rings. The summed E-state index contributed by atoms with van der Waals surface area (Å²) in [6.07, 6.45) is 7.17. The lowest BCUT2D eigenvalue weighted by atomic mass is 10.1. The van der Waals surface area contributed by atoms with Crippen LogP contribution in [0.4, 0.5) is 5.69 Å². The third-order valence-corrected chi connectivity index (χ3v) is 5.02. The van der Waals surface area contributed by atoms with Crippen molar-refractivity contribution in [2.45, 2.75) is 33.6 Å². The number of halogens is 1. The number of rotatable bonds is 8. The Morgan fingerprint density at radius 2 is 1.91 bits per heavy atom. The van der Waals surface area contributed by atoms with Gasteiger partial charge in [-0.1, -0.05) is 55.3 Å². The Morgan fingerprint density at radius 3 is 2.50 bits per heavy atom. The number of hydrogen-bond acceptors (Lipinski definition) is 5. The number of imide groups is 1. The van der Waals surface area contributed by atoms with Gasteiger partial charge in [0.05, 0.1) is 16.8 Å². The second kappa shape index (κ2) is 14.6. The molecule has 3 amide bonds. The molecule has 3 rings (SSSR count). The largest absolute Gasteiger partial charge is 0.342 e. The number of carbonyl (C=O) groups excluding carboxylic acids is 3. The highest BCUT2D eigenvalue weighted by Gasteiger charge is 2.37. The van der Waals surface area contributed by atoms with Crippen molar-refractivity contribution in [2.75, 3.05) is 18.4 Å². The van der Waals surface area contributed by atoms with Gasteiger partial charge in [-0.05, 0) is 57.3 Å². The van der Waals surface area contributed by atoms with Crippen molar-refractivity contribution in [1.29, 1.82) is 5.41 Å². The number of nitrogens with zero attached hydrogens (tertiary/aromatic N) is 1. The average Bonchev–Trinajstić information content (AvgIpc) is 3.41. The van der Waals surface area contributed by atoms with Gasteiger partial charge in [-0.15, -0.1) is 0 Å². The molecule has 0 saturated carbocycles. The standard InChI is InChI=1S/C22H23ClN4O3.C2H6.CH3N/c1-2-14(6-3-4-12-24)11-13-27-21(29)15-7-5-8-16(19(15)22(27)30)26-20(28)17-9-10-18(23)25-17;2*1-2/h2-3,5-10,25H,4,11-13,24H2,1H3,(H,26,28);1-2H3;2H,1H2/b6-3-,14-2+;;. The number of aromatic nitrogens is 1. The fourth-order valence-corrected chi connectivity index (χ4v) is 3.39. The number of benzene rings is 1. The summed E-state index contributed by atoms with van der Waals surface area (Å²) in [6.45, 7) is 9.22. The first kappa shape index (κ1) is 28.5. The topological polar surface area (TPSA) is 132 Å². The summed E-state index contributed by atoms with van der Waals surface area (Å²) >= 11 is 5.82. The van der Waals surface area contributed by atoms with Crippen molar-refractivity contribution in [3.05, 3.63) is 76.1 Å². The zero-order valence-electron chi connectivity index (χ0n) is 19.8. The highest BCUT2D eigenvalue weighted by atomic mass is 35.5. The lowest BCUT2D eigenvalue weighted by molar-refractivity contribution is 0.0656. The number of H-pyrrole nitrogens is 1. The Morgan fingerprint density at radius 1 is 1.21 bits per heavy atom. The first-order valence-corrected chi connectivity index (χ1v) is 11.4. The molecule has 9 heteroatoms. The molecule has 0 radical (unpaired) electrons. The van der Waals surface area contributed by atoms with E-state index in [-0.39, 0.29) is 35.0 Å². The lowest BCUT2D eigenvalue weighted by Crippen LogP contribution is -2.31. The predicted molar refractivity (Wildman–Crippen MR) is 138 cm³/mol. The number of hydrogen-bond donors (Lipinski definition) is 4. The summed E-state index contributed by atoms with van der Waals surface area (Å²) in [4.78, 5) is 42.2. The van der Waals surface area contributed by atoms with Gasteiger partial charge in [-0.2, -0.15) is 0 Å². The van der Waals surface area contributed by atoms with Crippen LogP contribution in [0.25, 0.3) is 0 Å². The van der Waals surface area contributed by atoms with Crippen LogP contribution in [-0.4, -0.2) is 47.4 Å². The molecule has 2 heterocycles. The van der Waals surface area contributed by atoms with Crippen LogP contribution in [0, 0.1) is 5.41 Å². The van der Waals surface area contributed by atoms with Crippen LogP contribution in [0.2, 0.25) is 5.15 Å². The van der Waals surface area contributed by atoms with Crippen LogP contribution in [0.1, 0.15) is 64.8 Å². The van der Waals surface area contributed by atoms with E-state index in [1.807, 2.05) is 39.0 Å². The summed E-state index contributed by atoms with van der Waals surface area (Å²) in [6, 6.07) is 7.93. The molecule has 0 fully saturated rings. The van der Waals surface area contributed by atoms with Crippen LogP contribution < -0.4 is 11.1 Å². The molecule has 0 aliphatic carbocycles. The molecule has 0 bridgehead atoms. The Bertz CT molecular complexity index is 1060. The number of nitrogens with one attached hydrogen (secondary N) is 3. The van der Waals surface area contributed by atoms with Crippen LogP contribution in [0.15, 0.2) is 54.1 Å². The van der Waals surface area contributed by atoms with Crippen LogP contribution in [0.3, 0.4) is 0 Å². The maximum absolute atomic E-state index is 13.0. The van der Waals surface area contributed by atoms with Gasteiger partial charge in [0, 0.05) is 6.54 Å². The van der Waals surface area contributed by atoms with Crippen molar-refractivity contribution in [2.24, 2.45) is 5.73 Å². The van der Waals surface area contributed by atoms with Crippen LogP contribution >= 0.6 is 11.6 Å². The van der Waals surface area contributed by atoms with E-state index in [4.69, 9.17) is 22.7 Å². The third kappa shape index (κ3) is 7.00. The van der Waals surface area contributed by atoms with Crippen molar-refractivity contribution >= 4 is 41.7 Å².